The summed E-state index contributed by atoms with van der Waals surface area (Å²) >= 11 is 5.47. The van der Waals surface area contributed by atoms with Crippen LogP contribution in [0.15, 0.2) is 11.8 Å². The molecule has 0 aliphatic rings. The third-order valence-corrected chi connectivity index (χ3v) is 2.10. The molecule has 0 rings (SSSR count). The number of carbonyl (C=O) groups excluding carboxylic acids is 1. The van der Waals surface area contributed by atoms with Crippen molar-refractivity contribution in [1.82, 2.24) is 10.6 Å². The molecular formula is C11H18ClN3O3. The summed E-state index contributed by atoms with van der Waals surface area (Å²) in [5, 5.41) is 22.6. The third-order valence-electron chi connectivity index (χ3n) is 1.83. The molecule has 18 heavy (non-hydrogen) atoms. The fourth-order valence-electron chi connectivity index (χ4n) is 0.984. The van der Waals surface area contributed by atoms with Crippen LogP contribution in [0.5, 0.6) is 0 Å². The van der Waals surface area contributed by atoms with E-state index < -0.39 is 5.91 Å². The maximum atomic E-state index is 11.5. The van der Waals surface area contributed by atoms with Crippen LogP contribution in [0.2, 0.25) is 0 Å². The number of halogens is 1. The van der Waals surface area contributed by atoms with E-state index in [1.54, 1.807) is 6.07 Å². The summed E-state index contributed by atoms with van der Waals surface area (Å²) in [6.07, 6.45) is 2.01. The summed E-state index contributed by atoms with van der Waals surface area (Å²) in [7, 11) is 0. The molecule has 0 fully saturated rings. The zero-order valence-corrected chi connectivity index (χ0v) is 10.9. The molecular weight excluding hydrogens is 258 g/mol. The van der Waals surface area contributed by atoms with Gasteiger partial charge in [0.05, 0.1) is 19.8 Å². The lowest BCUT2D eigenvalue weighted by molar-refractivity contribution is -0.117. The summed E-state index contributed by atoms with van der Waals surface area (Å²) in [5.74, 6) is 0.0400. The predicted octanol–water partition coefficient (Wildman–Crippen LogP) is -0.263. The van der Waals surface area contributed by atoms with Gasteiger partial charge in [0, 0.05) is 25.2 Å². The number of nitriles is 1. The molecule has 0 saturated carbocycles. The Morgan fingerprint density at radius 3 is 2.83 bits per heavy atom. The highest BCUT2D eigenvalue weighted by molar-refractivity contribution is 6.17. The van der Waals surface area contributed by atoms with Crippen molar-refractivity contribution in [1.29, 1.82) is 5.26 Å². The number of nitrogens with zero attached hydrogens (tertiary/aromatic N) is 1. The molecule has 0 heterocycles. The molecule has 0 aromatic rings. The smallest absolute Gasteiger partial charge is 0.263 e. The van der Waals surface area contributed by atoms with Gasteiger partial charge in [0.1, 0.15) is 11.6 Å². The summed E-state index contributed by atoms with van der Waals surface area (Å²) in [6.45, 7) is 1.54. The number of hydrogen-bond donors (Lipinski definition) is 3. The second-order valence-electron chi connectivity index (χ2n) is 3.26. The monoisotopic (exact) mass is 275 g/mol. The van der Waals surface area contributed by atoms with E-state index in [9.17, 15) is 4.79 Å². The lowest BCUT2D eigenvalue weighted by Crippen LogP contribution is -2.27. The molecule has 0 spiro atoms. The quantitative estimate of drug-likeness (QED) is 0.221. The first kappa shape index (κ1) is 16.7. The molecule has 0 aliphatic heterocycles. The molecule has 0 aromatic carbocycles. The van der Waals surface area contributed by atoms with Gasteiger partial charge < -0.3 is 20.5 Å². The van der Waals surface area contributed by atoms with E-state index in [-0.39, 0.29) is 18.8 Å². The highest BCUT2D eigenvalue weighted by Crippen LogP contribution is 1.91. The average Bonchev–Trinajstić information content (AvgIpc) is 2.38. The van der Waals surface area contributed by atoms with E-state index >= 15 is 0 Å². The van der Waals surface area contributed by atoms with Crippen LogP contribution in [0.25, 0.3) is 0 Å². The van der Waals surface area contributed by atoms with E-state index in [2.05, 4.69) is 10.6 Å². The standard InChI is InChI=1S/C11H18ClN3O3/c12-2-1-3-15-11(17)10(8-13)9-14-4-6-18-7-5-16/h9,14,16H,1-7H2,(H,15,17)/b10-9-. The number of ether oxygens (including phenoxy) is 1. The normalized spacial score (nSPS) is 10.8. The predicted molar refractivity (Wildman–Crippen MR) is 68.0 cm³/mol. The molecule has 0 atom stereocenters. The molecule has 0 aromatic heterocycles. The van der Waals surface area contributed by atoms with Crippen molar-refractivity contribution >= 4 is 17.5 Å². The van der Waals surface area contributed by atoms with Crippen LogP contribution in [-0.2, 0) is 9.53 Å². The van der Waals surface area contributed by atoms with Crippen molar-refractivity contribution in [3.05, 3.63) is 11.8 Å². The van der Waals surface area contributed by atoms with Crippen molar-refractivity contribution < 1.29 is 14.6 Å². The number of carbonyl (C=O) groups is 1. The number of hydrogen-bond acceptors (Lipinski definition) is 5. The lowest BCUT2D eigenvalue weighted by Gasteiger charge is -2.04. The first-order valence-electron chi connectivity index (χ1n) is 5.62. The first-order chi connectivity index (χ1) is 8.76. The molecule has 102 valence electrons. The number of nitrogens with one attached hydrogen (secondary N) is 2. The largest absolute Gasteiger partial charge is 0.394 e. The van der Waals surface area contributed by atoms with Crippen LogP contribution in [0.3, 0.4) is 0 Å². The highest BCUT2D eigenvalue weighted by atomic mass is 35.5. The fourth-order valence-corrected chi connectivity index (χ4v) is 1.12. The summed E-state index contributed by atoms with van der Waals surface area (Å²) in [4.78, 5) is 11.5. The lowest BCUT2D eigenvalue weighted by atomic mass is 10.3. The average molecular weight is 276 g/mol. The van der Waals surface area contributed by atoms with Crippen molar-refractivity contribution in [2.75, 3.05) is 38.8 Å². The van der Waals surface area contributed by atoms with Crippen LogP contribution < -0.4 is 10.6 Å². The number of aliphatic hydroxyl groups is 1. The SMILES string of the molecule is N#C/C(=C/NCCOCCO)C(=O)NCCCCl. The topological polar surface area (TPSA) is 94.4 Å². The number of aliphatic hydroxyl groups excluding tert-OH is 1. The molecule has 0 unspecified atom stereocenters. The Morgan fingerprint density at radius 2 is 2.22 bits per heavy atom. The molecule has 0 radical (unpaired) electrons. The Kier molecular flexibility index (Phi) is 11.3. The van der Waals surface area contributed by atoms with E-state index in [4.69, 9.17) is 26.7 Å². The number of amides is 1. The van der Waals surface area contributed by atoms with E-state index in [1.165, 1.54) is 6.20 Å². The highest BCUT2D eigenvalue weighted by Gasteiger charge is 2.06. The second kappa shape index (κ2) is 12.2. The van der Waals surface area contributed by atoms with Crippen molar-refractivity contribution in [3.8, 4) is 6.07 Å². The fraction of sp³-hybridized carbons (Fsp3) is 0.636. The molecule has 7 heteroatoms. The second-order valence-corrected chi connectivity index (χ2v) is 3.64. The molecule has 1 amide bonds. The Labute approximate surface area is 112 Å². The molecule has 0 saturated heterocycles. The van der Waals surface area contributed by atoms with Crippen LogP contribution in [0.1, 0.15) is 6.42 Å². The third kappa shape index (κ3) is 8.82. The zero-order valence-electron chi connectivity index (χ0n) is 10.1. The summed E-state index contributed by atoms with van der Waals surface area (Å²) in [5.41, 5.74) is 0.00623. The van der Waals surface area contributed by atoms with E-state index in [0.717, 1.165) is 0 Å². The number of rotatable bonds is 10. The van der Waals surface area contributed by atoms with Crippen molar-refractivity contribution in [2.45, 2.75) is 6.42 Å². The van der Waals surface area contributed by atoms with E-state index in [0.29, 0.717) is 32.0 Å². The van der Waals surface area contributed by atoms with Crippen molar-refractivity contribution in [3.63, 3.8) is 0 Å². The molecule has 6 nitrogen and oxygen atoms in total. The van der Waals surface area contributed by atoms with Gasteiger partial charge in [-0.15, -0.1) is 11.6 Å². The van der Waals surface area contributed by atoms with Crippen LogP contribution >= 0.6 is 11.6 Å². The minimum Gasteiger partial charge on any atom is -0.394 e. The molecule has 0 aliphatic carbocycles. The Hall–Kier alpha value is -1.29. The van der Waals surface area contributed by atoms with Crippen LogP contribution in [0, 0.1) is 11.3 Å². The van der Waals surface area contributed by atoms with E-state index in [1.807, 2.05) is 0 Å². The Morgan fingerprint density at radius 1 is 1.44 bits per heavy atom. The zero-order chi connectivity index (χ0) is 13.6. The molecule has 3 N–H and O–H groups in total. The summed E-state index contributed by atoms with van der Waals surface area (Å²) in [6, 6.07) is 1.80. The minimum atomic E-state index is -0.425. The molecule has 0 bridgehead atoms. The van der Waals surface area contributed by atoms with Crippen LogP contribution in [0.4, 0.5) is 0 Å². The summed E-state index contributed by atoms with van der Waals surface area (Å²) < 4.78 is 5.00. The van der Waals surface area contributed by atoms with Gasteiger partial charge in [-0.3, -0.25) is 4.79 Å². The van der Waals surface area contributed by atoms with Gasteiger partial charge in [-0.1, -0.05) is 0 Å². The van der Waals surface area contributed by atoms with Crippen molar-refractivity contribution in [2.24, 2.45) is 0 Å². The maximum Gasteiger partial charge on any atom is 0.263 e. The Balaban J connectivity index is 3.85. The minimum absolute atomic E-state index is 0.00623. The first-order valence-corrected chi connectivity index (χ1v) is 6.16. The van der Waals surface area contributed by atoms with Gasteiger partial charge in [0.15, 0.2) is 0 Å². The van der Waals surface area contributed by atoms with Gasteiger partial charge in [-0.05, 0) is 6.42 Å². The Bertz CT molecular complexity index is 302. The van der Waals surface area contributed by atoms with Gasteiger partial charge in [-0.25, -0.2) is 0 Å². The van der Waals surface area contributed by atoms with Gasteiger partial charge >= 0.3 is 0 Å². The van der Waals surface area contributed by atoms with Gasteiger partial charge in [-0.2, -0.15) is 5.26 Å². The number of alkyl halides is 1. The van der Waals surface area contributed by atoms with Gasteiger partial charge in [0.2, 0.25) is 0 Å². The van der Waals surface area contributed by atoms with Crippen LogP contribution in [-0.4, -0.2) is 49.8 Å². The van der Waals surface area contributed by atoms with Gasteiger partial charge in [0.25, 0.3) is 5.91 Å². The maximum absolute atomic E-state index is 11.5.